The van der Waals surface area contributed by atoms with Gasteiger partial charge < -0.3 is 14.5 Å². The molecule has 1 atom stereocenters. The van der Waals surface area contributed by atoms with E-state index in [2.05, 4.69) is 10.3 Å². The summed E-state index contributed by atoms with van der Waals surface area (Å²) in [4.78, 5) is 17.7. The Morgan fingerprint density at radius 3 is 2.93 bits per heavy atom. The van der Waals surface area contributed by atoms with Crippen molar-refractivity contribution in [1.82, 2.24) is 10.3 Å². The molecule has 1 aromatic heterocycles. The molecule has 150 valence electrons. The summed E-state index contributed by atoms with van der Waals surface area (Å²) < 4.78 is 24.5. The smallest absolute Gasteiger partial charge is 0.220 e. The number of ether oxygens (including phenoxy) is 1. The molecule has 4 rings (SSSR count). The van der Waals surface area contributed by atoms with Gasteiger partial charge in [-0.3, -0.25) is 4.79 Å². The third kappa shape index (κ3) is 4.62. The monoisotopic (exact) mass is 412 g/mol. The summed E-state index contributed by atoms with van der Waals surface area (Å²) in [5, 5.41) is 3.02. The lowest BCUT2D eigenvalue weighted by Gasteiger charge is -2.26. The molecule has 0 saturated heterocycles. The van der Waals surface area contributed by atoms with Gasteiger partial charge in [0.25, 0.3) is 0 Å². The first-order chi connectivity index (χ1) is 14.1. The van der Waals surface area contributed by atoms with Gasteiger partial charge in [0.1, 0.15) is 11.6 Å². The van der Waals surface area contributed by atoms with E-state index in [1.54, 1.807) is 31.1 Å². The molecule has 1 N–H and O–H groups in total. The van der Waals surface area contributed by atoms with Crippen LogP contribution in [0.4, 0.5) is 4.39 Å². The molecule has 0 saturated carbocycles. The van der Waals surface area contributed by atoms with Gasteiger partial charge in [0.2, 0.25) is 5.91 Å². The van der Waals surface area contributed by atoms with Crippen molar-refractivity contribution in [2.45, 2.75) is 30.2 Å². The summed E-state index contributed by atoms with van der Waals surface area (Å²) in [6.07, 6.45) is 3.11. The standard InChI is InChI=1S/C22H21FN2O3S/c1-27-16-5-2-14(3-6-16)19-13-24-22(28-19)9-8-21(26)25-18-10-11-29-20-7-4-15(23)12-17(18)20/h2-7,12-13,18H,8-11H2,1H3,(H,25,26). The molecule has 0 radical (unpaired) electrons. The third-order valence-corrected chi connectivity index (χ3v) is 5.96. The van der Waals surface area contributed by atoms with Crippen LogP contribution in [0, 0.1) is 5.82 Å². The molecule has 1 amide bonds. The summed E-state index contributed by atoms with van der Waals surface area (Å²) >= 11 is 1.69. The van der Waals surface area contributed by atoms with Crippen LogP contribution in [0.1, 0.15) is 30.3 Å². The van der Waals surface area contributed by atoms with Gasteiger partial charge in [-0.2, -0.15) is 0 Å². The SMILES string of the molecule is COc1ccc(-c2cnc(CCC(=O)NC3CCSc4ccc(F)cc43)o2)cc1. The number of hydrogen-bond donors (Lipinski definition) is 1. The quantitative estimate of drug-likeness (QED) is 0.632. The van der Waals surface area contributed by atoms with Crippen LogP contribution in [0.25, 0.3) is 11.3 Å². The maximum absolute atomic E-state index is 13.6. The van der Waals surface area contributed by atoms with Crippen molar-refractivity contribution in [1.29, 1.82) is 0 Å². The summed E-state index contributed by atoms with van der Waals surface area (Å²) in [6, 6.07) is 12.1. The fourth-order valence-electron chi connectivity index (χ4n) is 3.32. The minimum absolute atomic E-state index is 0.0960. The van der Waals surface area contributed by atoms with Gasteiger partial charge in [-0.15, -0.1) is 11.8 Å². The molecule has 1 aliphatic heterocycles. The number of nitrogens with one attached hydrogen (secondary N) is 1. The third-order valence-electron chi connectivity index (χ3n) is 4.84. The minimum atomic E-state index is -0.281. The zero-order valence-electron chi connectivity index (χ0n) is 16.0. The summed E-state index contributed by atoms with van der Waals surface area (Å²) in [7, 11) is 1.62. The Hall–Kier alpha value is -2.80. The number of fused-ring (bicyclic) bond motifs is 1. The normalized spacial score (nSPS) is 15.6. The summed E-state index contributed by atoms with van der Waals surface area (Å²) in [6.45, 7) is 0. The predicted octanol–water partition coefficient (Wildman–Crippen LogP) is 4.78. The lowest BCUT2D eigenvalue weighted by atomic mass is 10.0. The molecule has 1 unspecified atom stereocenters. The largest absolute Gasteiger partial charge is 0.497 e. The highest BCUT2D eigenvalue weighted by molar-refractivity contribution is 7.99. The first-order valence-corrected chi connectivity index (χ1v) is 10.4. The second kappa shape index (κ2) is 8.69. The molecule has 7 heteroatoms. The Balaban J connectivity index is 1.35. The Morgan fingerprint density at radius 2 is 2.14 bits per heavy atom. The second-order valence-corrected chi connectivity index (χ2v) is 7.92. The molecule has 0 bridgehead atoms. The second-order valence-electron chi connectivity index (χ2n) is 6.79. The van der Waals surface area contributed by atoms with Crippen LogP contribution in [-0.2, 0) is 11.2 Å². The van der Waals surface area contributed by atoms with E-state index in [1.165, 1.54) is 12.1 Å². The first-order valence-electron chi connectivity index (χ1n) is 9.43. The van der Waals surface area contributed by atoms with Gasteiger partial charge in [0.15, 0.2) is 11.7 Å². The van der Waals surface area contributed by atoms with Crippen LogP contribution in [0.3, 0.4) is 0 Å². The number of hydrogen-bond acceptors (Lipinski definition) is 5. The number of aryl methyl sites for hydroxylation is 1. The average Bonchev–Trinajstić information content (AvgIpc) is 3.22. The zero-order valence-corrected chi connectivity index (χ0v) is 16.8. The Bertz CT molecular complexity index is 1000. The Labute approximate surface area is 172 Å². The number of benzene rings is 2. The maximum atomic E-state index is 13.6. The van der Waals surface area contributed by atoms with Gasteiger partial charge in [0, 0.05) is 29.1 Å². The van der Waals surface area contributed by atoms with Gasteiger partial charge in [0.05, 0.1) is 19.3 Å². The lowest BCUT2D eigenvalue weighted by molar-refractivity contribution is -0.121. The van der Waals surface area contributed by atoms with E-state index in [0.717, 1.165) is 33.9 Å². The minimum Gasteiger partial charge on any atom is -0.497 e. The van der Waals surface area contributed by atoms with Gasteiger partial charge >= 0.3 is 0 Å². The number of oxazole rings is 1. The number of nitrogens with zero attached hydrogens (tertiary/aromatic N) is 1. The number of carbonyl (C=O) groups is 1. The molecule has 0 spiro atoms. The highest BCUT2D eigenvalue weighted by Crippen LogP contribution is 2.36. The summed E-state index contributed by atoms with van der Waals surface area (Å²) in [5.41, 5.74) is 1.75. The molecule has 2 aromatic carbocycles. The highest BCUT2D eigenvalue weighted by Gasteiger charge is 2.23. The Morgan fingerprint density at radius 1 is 1.31 bits per heavy atom. The number of rotatable bonds is 6. The molecular formula is C22H21FN2O3S. The van der Waals surface area contributed by atoms with Gasteiger partial charge in [-0.05, 0) is 54.4 Å². The molecule has 1 aliphatic rings. The van der Waals surface area contributed by atoms with E-state index in [4.69, 9.17) is 9.15 Å². The van der Waals surface area contributed by atoms with E-state index in [9.17, 15) is 9.18 Å². The molecule has 3 aromatic rings. The predicted molar refractivity (Wildman–Crippen MR) is 109 cm³/mol. The average molecular weight is 412 g/mol. The van der Waals surface area contributed by atoms with Crippen molar-refractivity contribution in [2.24, 2.45) is 0 Å². The zero-order chi connectivity index (χ0) is 20.2. The van der Waals surface area contributed by atoms with Crippen molar-refractivity contribution in [3.8, 4) is 17.1 Å². The van der Waals surface area contributed by atoms with Crippen molar-refractivity contribution in [3.63, 3.8) is 0 Å². The van der Waals surface area contributed by atoms with E-state index in [1.807, 2.05) is 24.3 Å². The molecule has 0 aliphatic carbocycles. The van der Waals surface area contributed by atoms with E-state index < -0.39 is 0 Å². The number of amides is 1. The van der Waals surface area contributed by atoms with Crippen molar-refractivity contribution in [2.75, 3.05) is 12.9 Å². The van der Waals surface area contributed by atoms with Crippen LogP contribution in [0.15, 0.2) is 58.0 Å². The van der Waals surface area contributed by atoms with Crippen molar-refractivity contribution >= 4 is 17.7 Å². The fraction of sp³-hybridized carbons (Fsp3) is 0.273. The number of halogens is 1. The fourth-order valence-corrected chi connectivity index (χ4v) is 4.42. The van der Waals surface area contributed by atoms with Crippen molar-refractivity contribution in [3.05, 3.63) is 65.9 Å². The van der Waals surface area contributed by atoms with Crippen LogP contribution in [-0.4, -0.2) is 23.8 Å². The first kappa shape index (κ1) is 19.5. The molecule has 2 heterocycles. The van der Waals surface area contributed by atoms with Crippen LogP contribution >= 0.6 is 11.8 Å². The Kier molecular flexibility index (Phi) is 5.85. The topological polar surface area (TPSA) is 64.4 Å². The molecule has 29 heavy (non-hydrogen) atoms. The molecule has 5 nitrogen and oxygen atoms in total. The van der Waals surface area contributed by atoms with Crippen molar-refractivity contribution < 1.29 is 18.3 Å². The van der Waals surface area contributed by atoms with Gasteiger partial charge in [-0.25, -0.2) is 9.37 Å². The number of methoxy groups -OCH3 is 1. The van der Waals surface area contributed by atoms with E-state index in [-0.39, 0.29) is 24.2 Å². The summed E-state index contributed by atoms with van der Waals surface area (Å²) in [5.74, 6) is 2.45. The lowest BCUT2D eigenvalue weighted by Crippen LogP contribution is -2.30. The number of aromatic nitrogens is 1. The molecule has 0 fully saturated rings. The highest BCUT2D eigenvalue weighted by atomic mass is 32.2. The maximum Gasteiger partial charge on any atom is 0.220 e. The van der Waals surface area contributed by atoms with Crippen LogP contribution in [0.2, 0.25) is 0 Å². The van der Waals surface area contributed by atoms with Crippen LogP contribution in [0.5, 0.6) is 5.75 Å². The number of carbonyl (C=O) groups excluding carboxylic acids is 1. The molecular weight excluding hydrogens is 391 g/mol. The number of thioether (sulfide) groups is 1. The van der Waals surface area contributed by atoms with E-state index >= 15 is 0 Å². The van der Waals surface area contributed by atoms with Crippen LogP contribution < -0.4 is 10.1 Å². The van der Waals surface area contributed by atoms with Gasteiger partial charge in [-0.1, -0.05) is 0 Å². The van der Waals surface area contributed by atoms with E-state index in [0.29, 0.717) is 18.1 Å².